The lowest BCUT2D eigenvalue weighted by atomic mass is 9.85. The summed E-state index contributed by atoms with van der Waals surface area (Å²) in [6, 6.07) is 3.45. The van der Waals surface area contributed by atoms with Crippen LogP contribution in [0.25, 0.3) is 0 Å². The number of nitrogens with two attached hydrogens (primary N) is 1. The van der Waals surface area contributed by atoms with Crippen LogP contribution in [0.1, 0.15) is 36.5 Å². The van der Waals surface area contributed by atoms with Gasteiger partial charge >= 0.3 is 0 Å². The van der Waals surface area contributed by atoms with E-state index in [1.165, 1.54) is 18.9 Å². The number of hydrogen-bond acceptors (Lipinski definition) is 4. The van der Waals surface area contributed by atoms with Gasteiger partial charge in [0.2, 0.25) is 0 Å². The van der Waals surface area contributed by atoms with Gasteiger partial charge in [0.05, 0.1) is 6.10 Å². The van der Waals surface area contributed by atoms with Crippen LogP contribution < -0.4 is 5.73 Å². The minimum Gasteiger partial charge on any atom is -0.508 e. The number of aliphatic hydroxyl groups excluding tert-OH is 1. The van der Waals surface area contributed by atoms with Gasteiger partial charge in [0.15, 0.2) is 0 Å². The molecule has 1 aromatic rings. The lowest BCUT2D eigenvalue weighted by Gasteiger charge is -2.43. The third kappa shape index (κ3) is 1.68. The molecule has 2 aliphatic rings. The van der Waals surface area contributed by atoms with Crippen molar-refractivity contribution in [2.45, 2.75) is 38.0 Å². The summed E-state index contributed by atoms with van der Waals surface area (Å²) in [4.78, 5) is 2.30. The summed E-state index contributed by atoms with van der Waals surface area (Å²) in [6.07, 6.45) is 2.87. The molecule has 4 heteroatoms. The minimum absolute atomic E-state index is 0.184. The van der Waals surface area contributed by atoms with Crippen LogP contribution in [0.3, 0.4) is 0 Å². The number of rotatable bonds is 0. The van der Waals surface area contributed by atoms with Crippen molar-refractivity contribution < 1.29 is 10.2 Å². The summed E-state index contributed by atoms with van der Waals surface area (Å²) in [7, 11) is 0. The first-order valence-corrected chi connectivity index (χ1v) is 6.20. The number of anilines is 1. The summed E-state index contributed by atoms with van der Waals surface area (Å²) in [5.74, 6) is 0.184. The van der Waals surface area contributed by atoms with Gasteiger partial charge in [-0.3, -0.25) is 4.90 Å². The Labute approximate surface area is 101 Å². The van der Waals surface area contributed by atoms with Crippen LogP contribution in [0.5, 0.6) is 5.75 Å². The van der Waals surface area contributed by atoms with E-state index < -0.39 is 6.10 Å². The van der Waals surface area contributed by atoms with Crippen molar-refractivity contribution >= 4 is 5.69 Å². The zero-order chi connectivity index (χ0) is 12.0. The highest BCUT2D eigenvalue weighted by atomic mass is 16.3. The molecular weight excluding hydrogens is 216 g/mol. The van der Waals surface area contributed by atoms with E-state index in [-0.39, 0.29) is 11.8 Å². The van der Waals surface area contributed by atoms with Crippen LogP contribution in [0.15, 0.2) is 12.1 Å². The summed E-state index contributed by atoms with van der Waals surface area (Å²) in [5.41, 5.74) is 8.22. The molecule has 0 saturated carbocycles. The summed E-state index contributed by atoms with van der Waals surface area (Å²) in [6.45, 7) is 1.81. The molecule has 0 spiro atoms. The number of aliphatic hydroxyl groups is 1. The first-order chi connectivity index (χ1) is 8.16. The van der Waals surface area contributed by atoms with E-state index in [0.717, 1.165) is 30.6 Å². The Hall–Kier alpha value is -1.26. The average molecular weight is 234 g/mol. The smallest absolute Gasteiger partial charge is 0.117 e. The normalized spacial score (nSPS) is 28.5. The Balaban J connectivity index is 2.05. The van der Waals surface area contributed by atoms with Crippen LogP contribution in [-0.2, 0) is 6.54 Å². The minimum atomic E-state index is -0.514. The molecule has 0 amide bonds. The lowest BCUT2D eigenvalue weighted by molar-refractivity contribution is 0.00645. The van der Waals surface area contributed by atoms with E-state index in [4.69, 9.17) is 5.73 Å². The molecular formula is C13H18N2O2. The van der Waals surface area contributed by atoms with Crippen molar-refractivity contribution in [3.05, 3.63) is 23.3 Å². The van der Waals surface area contributed by atoms with Crippen LogP contribution in [0.4, 0.5) is 5.69 Å². The highest BCUT2D eigenvalue weighted by molar-refractivity contribution is 5.57. The topological polar surface area (TPSA) is 69.7 Å². The predicted molar refractivity (Wildman–Crippen MR) is 65.5 cm³/mol. The van der Waals surface area contributed by atoms with Crippen molar-refractivity contribution in [2.75, 3.05) is 12.3 Å². The van der Waals surface area contributed by atoms with Crippen molar-refractivity contribution in [3.8, 4) is 5.75 Å². The second-order valence-electron chi connectivity index (χ2n) is 5.09. The molecule has 2 aliphatic heterocycles. The first-order valence-electron chi connectivity index (χ1n) is 6.20. The zero-order valence-electron chi connectivity index (χ0n) is 9.76. The molecule has 1 saturated heterocycles. The maximum atomic E-state index is 10.4. The molecule has 0 aliphatic carbocycles. The molecule has 0 aromatic heterocycles. The van der Waals surface area contributed by atoms with Gasteiger partial charge < -0.3 is 15.9 Å². The molecule has 2 heterocycles. The van der Waals surface area contributed by atoms with Crippen molar-refractivity contribution in [1.82, 2.24) is 4.90 Å². The highest BCUT2D eigenvalue weighted by Gasteiger charge is 2.36. The number of nitrogens with zero attached hydrogens (tertiary/aromatic N) is 1. The molecule has 1 fully saturated rings. The molecule has 2 atom stereocenters. The number of nitrogen functional groups attached to an aromatic ring is 1. The van der Waals surface area contributed by atoms with E-state index in [0.29, 0.717) is 5.69 Å². The van der Waals surface area contributed by atoms with Gasteiger partial charge in [-0.05, 0) is 31.0 Å². The Morgan fingerprint density at radius 3 is 2.94 bits per heavy atom. The molecule has 4 nitrogen and oxygen atoms in total. The number of benzene rings is 1. The second kappa shape index (κ2) is 3.89. The third-order valence-electron chi connectivity index (χ3n) is 3.98. The largest absolute Gasteiger partial charge is 0.508 e. The van der Waals surface area contributed by atoms with E-state index in [2.05, 4.69) is 4.90 Å². The van der Waals surface area contributed by atoms with Crippen LogP contribution in [0, 0.1) is 0 Å². The van der Waals surface area contributed by atoms with E-state index in [1.807, 2.05) is 0 Å². The van der Waals surface area contributed by atoms with Gasteiger partial charge in [-0.2, -0.15) is 0 Å². The fourth-order valence-corrected chi connectivity index (χ4v) is 3.19. The third-order valence-corrected chi connectivity index (χ3v) is 3.98. The van der Waals surface area contributed by atoms with Crippen molar-refractivity contribution in [1.29, 1.82) is 0 Å². The average Bonchev–Trinajstić information content (AvgIpc) is 2.28. The van der Waals surface area contributed by atoms with Gasteiger partial charge in [-0.25, -0.2) is 0 Å². The summed E-state index contributed by atoms with van der Waals surface area (Å²) < 4.78 is 0. The summed E-state index contributed by atoms with van der Waals surface area (Å²) in [5, 5.41) is 20.0. The van der Waals surface area contributed by atoms with Gasteiger partial charge in [-0.15, -0.1) is 0 Å². The quantitative estimate of drug-likeness (QED) is 0.593. The Morgan fingerprint density at radius 2 is 2.12 bits per heavy atom. The molecule has 2 unspecified atom stereocenters. The van der Waals surface area contributed by atoms with Gasteiger partial charge in [0, 0.05) is 29.9 Å². The van der Waals surface area contributed by atoms with Crippen molar-refractivity contribution in [3.63, 3.8) is 0 Å². The number of hydrogen-bond donors (Lipinski definition) is 3. The van der Waals surface area contributed by atoms with Gasteiger partial charge in [0.1, 0.15) is 5.75 Å². The highest BCUT2D eigenvalue weighted by Crippen LogP contribution is 2.40. The zero-order valence-corrected chi connectivity index (χ0v) is 9.76. The van der Waals surface area contributed by atoms with Crippen LogP contribution in [-0.4, -0.2) is 27.7 Å². The van der Waals surface area contributed by atoms with Gasteiger partial charge in [0.25, 0.3) is 0 Å². The fraction of sp³-hybridized carbons (Fsp3) is 0.538. The van der Waals surface area contributed by atoms with E-state index in [9.17, 15) is 10.2 Å². The standard InChI is InChI=1S/C13H18N2O2/c14-10-6-9(16)5-8-7-15-4-2-1-3-11(15)13(17)12(8)10/h5-6,11,13,16-17H,1-4,7,14H2. The van der Waals surface area contributed by atoms with Crippen LogP contribution in [0.2, 0.25) is 0 Å². The van der Waals surface area contributed by atoms with E-state index in [1.54, 1.807) is 6.07 Å². The fourth-order valence-electron chi connectivity index (χ4n) is 3.19. The number of aromatic hydroxyl groups is 1. The van der Waals surface area contributed by atoms with E-state index >= 15 is 0 Å². The Kier molecular flexibility index (Phi) is 2.49. The lowest BCUT2D eigenvalue weighted by Crippen LogP contribution is -2.46. The maximum absolute atomic E-state index is 10.4. The number of piperidine rings is 1. The molecule has 1 aromatic carbocycles. The molecule has 17 heavy (non-hydrogen) atoms. The monoisotopic (exact) mass is 234 g/mol. The summed E-state index contributed by atoms with van der Waals surface area (Å²) >= 11 is 0. The second-order valence-corrected chi connectivity index (χ2v) is 5.09. The van der Waals surface area contributed by atoms with Crippen LogP contribution >= 0.6 is 0 Å². The maximum Gasteiger partial charge on any atom is 0.117 e. The SMILES string of the molecule is Nc1cc(O)cc2c1C(O)C1CCCCN1C2. The Morgan fingerprint density at radius 1 is 1.29 bits per heavy atom. The molecule has 3 rings (SSSR count). The number of phenols is 1. The first kappa shape index (κ1) is 10.9. The molecule has 0 radical (unpaired) electrons. The molecule has 92 valence electrons. The number of fused-ring (bicyclic) bond motifs is 2. The molecule has 4 N–H and O–H groups in total. The van der Waals surface area contributed by atoms with Crippen molar-refractivity contribution in [2.24, 2.45) is 0 Å². The number of phenolic OH excluding ortho intramolecular Hbond substituents is 1. The van der Waals surface area contributed by atoms with Gasteiger partial charge in [-0.1, -0.05) is 6.42 Å². The Bertz CT molecular complexity index is 447. The predicted octanol–water partition coefficient (Wildman–Crippen LogP) is 1.38. The molecule has 0 bridgehead atoms.